The molecular formula is C11H17N5. The summed E-state index contributed by atoms with van der Waals surface area (Å²) in [5, 5.41) is 11.8. The Hall–Kier alpha value is -1.78. The number of nitrogens with one attached hydrogen (secondary N) is 1. The molecule has 2 rings (SSSR count). The van der Waals surface area contributed by atoms with E-state index in [-0.39, 0.29) is 0 Å². The van der Waals surface area contributed by atoms with E-state index in [2.05, 4.69) is 28.6 Å². The molecule has 2 aromatic heterocycles. The van der Waals surface area contributed by atoms with E-state index in [1.54, 1.807) is 0 Å². The number of hydrogen-bond donors (Lipinski definition) is 1. The predicted molar refractivity (Wildman–Crippen MR) is 63.2 cm³/mol. The average Bonchev–Trinajstić information content (AvgIpc) is 2.82. The molecule has 0 aromatic carbocycles. The molecule has 0 atom stereocenters. The van der Waals surface area contributed by atoms with Gasteiger partial charge in [0.15, 0.2) is 0 Å². The zero-order valence-electron chi connectivity index (χ0n) is 9.94. The summed E-state index contributed by atoms with van der Waals surface area (Å²) in [6, 6.07) is 2.03. The van der Waals surface area contributed by atoms with Crippen LogP contribution in [0.5, 0.6) is 0 Å². The third-order valence-electron chi connectivity index (χ3n) is 2.49. The maximum absolute atomic E-state index is 4.28. The van der Waals surface area contributed by atoms with Gasteiger partial charge in [0.25, 0.3) is 0 Å². The molecule has 0 aliphatic rings. The highest BCUT2D eigenvalue weighted by Gasteiger charge is 2.02. The van der Waals surface area contributed by atoms with Gasteiger partial charge in [-0.2, -0.15) is 10.2 Å². The van der Waals surface area contributed by atoms with Gasteiger partial charge in [0.1, 0.15) is 5.82 Å². The Bertz CT molecular complexity index is 468. The second-order valence-electron chi connectivity index (χ2n) is 3.85. The van der Waals surface area contributed by atoms with Crippen LogP contribution in [0.1, 0.15) is 18.2 Å². The SMILES string of the molecule is CCn1cc(CNc2cc(C)nn2C)cn1. The minimum absolute atomic E-state index is 0.777. The van der Waals surface area contributed by atoms with Crippen molar-refractivity contribution in [1.82, 2.24) is 19.6 Å². The number of hydrogen-bond acceptors (Lipinski definition) is 3. The Morgan fingerprint density at radius 2 is 2.25 bits per heavy atom. The first-order valence-corrected chi connectivity index (χ1v) is 5.45. The monoisotopic (exact) mass is 219 g/mol. The number of nitrogens with zero attached hydrogens (tertiary/aromatic N) is 4. The molecule has 5 nitrogen and oxygen atoms in total. The Morgan fingerprint density at radius 3 is 2.81 bits per heavy atom. The molecule has 0 spiro atoms. The van der Waals surface area contributed by atoms with Gasteiger partial charge in [0.2, 0.25) is 0 Å². The molecule has 0 saturated carbocycles. The highest BCUT2D eigenvalue weighted by molar-refractivity contribution is 5.37. The normalized spacial score (nSPS) is 10.7. The van der Waals surface area contributed by atoms with Crippen LogP contribution in [-0.2, 0) is 20.1 Å². The van der Waals surface area contributed by atoms with E-state index in [0.29, 0.717) is 0 Å². The third-order valence-corrected chi connectivity index (χ3v) is 2.49. The fraction of sp³-hybridized carbons (Fsp3) is 0.455. The largest absolute Gasteiger partial charge is 0.366 e. The lowest BCUT2D eigenvalue weighted by molar-refractivity contribution is 0.659. The molecule has 16 heavy (non-hydrogen) atoms. The summed E-state index contributed by atoms with van der Waals surface area (Å²) in [6.07, 6.45) is 3.94. The Kier molecular flexibility index (Phi) is 2.94. The van der Waals surface area contributed by atoms with Gasteiger partial charge in [-0.1, -0.05) is 0 Å². The summed E-state index contributed by atoms with van der Waals surface area (Å²) in [4.78, 5) is 0. The quantitative estimate of drug-likeness (QED) is 0.848. The molecule has 0 amide bonds. The van der Waals surface area contributed by atoms with Gasteiger partial charge < -0.3 is 5.32 Å². The lowest BCUT2D eigenvalue weighted by atomic mass is 10.3. The van der Waals surface area contributed by atoms with Gasteiger partial charge in [-0.15, -0.1) is 0 Å². The van der Waals surface area contributed by atoms with Crippen LogP contribution in [0, 0.1) is 6.92 Å². The van der Waals surface area contributed by atoms with Crippen LogP contribution in [0.4, 0.5) is 5.82 Å². The standard InChI is InChI=1S/C11H17N5/c1-4-16-8-10(7-13-16)6-12-11-5-9(2)14-15(11)3/h5,7-8,12H,4,6H2,1-3H3. The first-order valence-electron chi connectivity index (χ1n) is 5.45. The van der Waals surface area contributed by atoms with E-state index >= 15 is 0 Å². The maximum Gasteiger partial charge on any atom is 0.124 e. The van der Waals surface area contributed by atoms with Crippen molar-refractivity contribution in [2.24, 2.45) is 7.05 Å². The highest BCUT2D eigenvalue weighted by atomic mass is 15.3. The Balaban J connectivity index is 1.99. The van der Waals surface area contributed by atoms with E-state index in [1.165, 1.54) is 5.56 Å². The van der Waals surface area contributed by atoms with Crippen LogP contribution in [0.15, 0.2) is 18.5 Å². The summed E-state index contributed by atoms with van der Waals surface area (Å²) in [7, 11) is 1.94. The van der Waals surface area contributed by atoms with Crippen molar-refractivity contribution in [3.8, 4) is 0 Å². The van der Waals surface area contributed by atoms with E-state index in [1.807, 2.05) is 35.6 Å². The van der Waals surface area contributed by atoms with Crippen molar-refractivity contribution >= 4 is 5.82 Å². The van der Waals surface area contributed by atoms with Crippen molar-refractivity contribution in [3.05, 3.63) is 29.7 Å². The molecule has 0 bridgehead atoms. The van der Waals surface area contributed by atoms with Gasteiger partial charge in [0, 0.05) is 38.0 Å². The van der Waals surface area contributed by atoms with E-state index in [4.69, 9.17) is 0 Å². The second kappa shape index (κ2) is 4.38. The van der Waals surface area contributed by atoms with Crippen LogP contribution < -0.4 is 5.32 Å². The topological polar surface area (TPSA) is 47.7 Å². The van der Waals surface area contributed by atoms with Crippen molar-refractivity contribution in [3.63, 3.8) is 0 Å². The molecular weight excluding hydrogens is 202 g/mol. The minimum atomic E-state index is 0.777. The fourth-order valence-electron chi connectivity index (χ4n) is 1.64. The van der Waals surface area contributed by atoms with Gasteiger partial charge in [-0.25, -0.2) is 0 Å². The van der Waals surface area contributed by atoms with Crippen molar-refractivity contribution < 1.29 is 0 Å². The van der Waals surface area contributed by atoms with Gasteiger partial charge in [-0.3, -0.25) is 9.36 Å². The molecule has 0 radical (unpaired) electrons. The Labute approximate surface area is 95.1 Å². The summed E-state index contributed by atoms with van der Waals surface area (Å²) < 4.78 is 3.77. The molecule has 1 N–H and O–H groups in total. The molecule has 0 aliphatic carbocycles. The molecule has 0 saturated heterocycles. The number of anilines is 1. The van der Waals surface area contributed by atoms with Crippen LogP contribution in [-0.4, -0.2) is 19.6 Å². The highest BCUT2D eigenvalue weighted by Crippen LogP contribution is 2.09. The lowest BCUT2D eigenvalue weighted by Crippen LogP contribution is -2.04. The second-order valence-corrected chi connectivity index (χ2v) is 3.85. The molecule has 2 heterocycles. The van der Waals surface area contributed by atoms with Crippen LogP contribution in [0.2, 0.25) is 0 Å². The first-order chi connectivity index (χ1) is 7.69. The summed E-state index contributed by atoms with van der Waals surface area (Å²) in [6.45, 7) is 5.75. The first kappa shape index (κ1) is 10.7. The van der Waals surface area contributed by atoms with E-state index < -0.39 is 0 Å². The summed E-state index contributed by atoms with van der Waals surface area (Å²) in [5.41, 5.74) is 2.20. The summed E-state index contributed by atoms with van der Waals surface area (Å²) >= 11 is 0. The fourth-order valence-corrected chi connectivity index (χ4v) is 1.64. The predicted octanol–water partition coefficient (Wildman–Crippen LogP) is 1.56. The van der Waals surface area contributed by atoms with Gasteiger partial charge in [-0.05, 0) is 13.8 Å². The molecule has 0 unspecified atom stereocenters. The van der Waals surface area contributed by atoms with Gasteiger partial charge >= 0.3 is 0 Å². The minimum Gasteiger partial charge on any atom is -0.366 e. The van der Waals surface area contributed by atoms with Crippen molar-refractivity contribution in [2.75, 3.05) is 5.32 Å². The molecule has 5 heteroatoms. The van der Waals surface area contributed by atoms with Crippen molar-refractivity contribution in [1.29, 1.82) is 0 Å². The zero-order valence-corrected chi connectivity index (χ0v) is 9.94. The Morgan fingerprint density at radius 1 is 1.44 bits per heavy atom. The third kappa shape index (κ3) is 2.24. The molecule has 86 valence electrons. The van der Waals surface area contributed by atoms with Crippen LogP contribution in [0.3, 0.4) is 0 Å². The van der Waals surface area contributed by atoms with Crippen LogP contribution in [0.25, 0.3) is 0 Å². The number of aryl methyl sites for hydroxylation is 3. The van der Waals surface area contributed by atoms with E-state index in [9.17, 15) is 0 Å². The average molecular weight is 219 g/mol. The number of rotatable bonds is 4. The zero-order chi connectivity index (χ0) is 11.5. The smallest absolute Gasteiger partial charge is 0.124 e. The molecule has 0 fully saturated rings. The summed E-state index contributed by atoms with van der Waals surface area (Å²) in [5.74, 6) is 1.03. The van der Waals surface area contributed by atoms with Crippen molar-refractivity contribution in [2.45, 2.75) is 26.9 Å². The van der Waals surface area contributed by atoms with E-state index in [0.717, 1.165) is 24.6 Å². The molecule has 0 aliphatic heterocycles. The lowest BCUT2D eigenvalue weighted by Gasteiger charge is -2.03. The maximum atomic E-state index is 4.28. The molecule has 2 aromatic rings. The number of aromatic nitrogens is 4. The van der Waals surface area contributed by atoms with Crippen LogP contribution >= 0.6 is 0 Å². The van der Waals surface area contributed by atoms with Gasteiger partial charge in [0.05, 0.1) is 11.9 Å².